The molecule has 1 aromatic heterocycles. The predicted octanol–water partition coefficient (Wildman–Crippen LogP) is 3.66. The third kappa shape index (κ3) is 3.03. The Morgan fingerprint density at radius 2 is 2.04 bits per heavy atom. The average Bonchev–Trinajstić information content (AvgIpc) is 2.82. The number of hydrogen-bond donors (Lipinski definition) is 2. The SMILES string of the molecule is CC1CC(C(=O)O)CN(C(=O)c2[nH]c3ccc(Cl)cc3c2Cl)C1. The number of carboxylic acids is 1. The van der Waals surface area contributed by atoms with E-state index in [9.17, 15) is 14.7 Å². The van der Waals surface area contributed by atoms with Crippen LogP contribution in [0.5, 0.6) is 0 Å². The van der Waals surface area contributed by atoms with Crippen LogP contribution in [0.3, 0.4) is 0 Å². The van der Waals surface area contributed by atoms with Gasteiger partial charge in [0, 0.05) is 29.0 Å². The van der Waals surface area contributed by atoms with E-state index in [1.54, 1.807) is 23.1 Å². The number of halogens is 2. The average molecular weight is 355 g/mol. The van der Waals surface area contributed by atoms with Gasteiger partial charge in [-0.05, 0) is 30.5 Å². The highest BCUT2D eigenvalue weighted by atomic mass is 35.5. The fraction of sp³-hybridized carbons (Fsp3) is 0.375. The lowest BCUT2D eigenvalue weighted by molar-refractivity contribution is -0.143. The minimum Gasteiger partial charge on any atom is -0.481 e. The summed E-state index contributed by atoms with van der Waals surface area (Å²) in [7, 11) is 0. The van der Waals surface area contributed by atoms with E-state index in [1.165, 1.54) is 0 Å². The van der Waals surface area contributed by atoms with Crippen molar-refractivity contribution in [2.24, 2.45) is 11.8 Å². The zero-order valence-corrected chi connectivity index (χ0v) is 14.0. The Bertz CT molecular complexity index is 787. The van der Waals surface area contributed by atoms with E-state index in [4.69, 9.17) is 23.2 Å². The van der Waals surface area contributed by atoms with Crippen LogP contribution in [0, 0.1) is 11.8 Å². The number of nitrogens with one attached hydrogen (secondary N) is 1. The van der Waals surface area contributed by atoms with Crippen molar-refractivity contribution in [1.82, 2.24) is 9.88 Å². The highest BCUT2D eigenvalue weighted by Gasteiger charge is 2.33. The Hall–Kier alpha value is -1.72. The number of carbonyl (C=O) groups excluding carboxylic acids is 1. The third-order valence-corrected chi connectivity index (χ3v) is 4.83. The highest BCUT2D eigenvalue weighted by molar-refractivity contribution is 6.39. The number of carbonyl (C=O) groups is 2. The van der Waals surface area contributed by atoms with Crippen molar-refractivity contribution in [1.29, 1.82) is 0 Å². The maximum atomic E-state index is 12.8. The molecule has 0 radical (unpaired) electrons. The Morgan fingerprint density at radius 3 is 2.74 bits per heavy atom. The number of aliphatic carboxylic acids is 1. The number of rotatable bonds is 2. The molecule has 2 aromatic rings. The Balaban J connectivity index is 1.93. The minimum absolute atomic E-state index is 0.131. The van der Waals surface area contributed by atoms with Crippen molar-refractivity contribution in [3.05, 3.63) is 33.9 Å². The number of carboxylic acid groups (broad SMARTS) is 1. The maximum Gasteiger partial charge on any atom is 0.308 e. The monoisotopic (exact) mass is 354 g/mol. The van der Waals surface area contributed by atoms with Gasteiger partial charge in [-0.3, -0.25) is 9.59 Å². The zero-order chi connectivity index (χ0) is 16.7. The number of H-pyrrole nitrogens is 1. The van der Waals surface area contributed by atoms with Crippen LogP contribution in [0.4, 0.5) is 0 Å². The molecule has 3 rings (SSSR count). The lowest BCUT2D eigenvalue weighted by Crippen LogP contribution is -2.45. The number of hydrogen-bond acceptors (Lipinski definition) is 2. The summed E-state index contributed by atoms with van der Waals surface area (Å²) in [6.07, 6.45) is 0.579. The first-order chi connectivity index (χ1) is 10.9. The molecule has 0 saturated carbocycles. The Kier molecular flexibility index (Phi) is 4.25. The van der Waals surface area contributed by atoms with Crippen LogP contribution in [0.15, 0.2) is 18.2 Å². The van der Waals surface area contributed by atoms with Gasteiger partial charge in [-0.2, -0.15) is 0 Å². The van der Waals surface area contributed by atoms with E-state index < -0.39 is 11.9 Å². The third-order valence-electron chi connectivity index (χ3n) is 4.21. The van der Waals surface area contributed by atoms with Gasteiger partial charge in [0.1, 0.15) is 5.69 Å². The van der Waals surface area contributed by atoms with Crippen molar-refractivity contribution in [2.45, 2.75) is 13.3 Å². The van der Waals surface area contributed by atoms with Crippen LogP contribution < -0.4 is 0 Å². The smallest absolute Gasteiger partial charge is 0.308 e. The number of benzene rings is 1. The van der Waals surface area contributed by atoms with Gasteiger partial charge < -0.3 is 15.0 Å². The summed E-state index contributed by atoms with van der Waals surface area (Å²) in [6, 6.07) is 5.18. The fourth-order valence-corrected chi connectivity index (χ4v) is 3.59. The molecule has 2 heterocycles. The van der Waals surface area contributed by atoms with Crippen molar-refractivity contribution in [3.63, 3.8) is 0 Å². The van der Waals surface area contributed by atoms with E-state index in [1.807, 2.05) is 6.92 Å². The number of likely N-dealkylation sites (tertiary alicyclic amines) is 1. The van der Waals surface area contributed by atoms with Gasteiger partial charge in [-0.15, -0.1) is 0 Å². The van der Waals surface area contributed by atoms with E-state index in [2.05, 4.69) is 4.98 Å². The van der Waals surface area contributed by atoms with Crippen LogP contribution in [0.2, 0.25) is 10.0 Å². The molecule has 1 amide bonds. The highest BCUT2D eigenvalue weighted by Crippen LogP contribution is 2.31. The summed E-state index contributed by atoms with van der Waals surface area (Å²) in [5.41, 5.74) is 1.00. The van der Waals surface area contributed by atoms with Gasteiger partial charge in [-0.1, -0.05) is 30.1 Å². The molecule has 2 atom stereocenters. The van der Waals surface area contributed by atoms with Crippen LogP contribution in [-0.4, -0.2) is 40.0 Å². The molecule has 1 fully saturated rings. The standard InChI is InChI=1S/C16H16Cl2N2O3/c1-8-4-9(16(22)23)7-20(6-8)15(21)14-13(18)11-5-10(17)2-3-12(11)19-14/h2-3,5,8-9,19H,4,6-7H2,1H3,(H,22,23). The number of fused-ring (bicyclic) bond motifs is 1. The van der Waals surface area contributed by atoms with Gasteiger partial charge in [0.05, 0.1) is 10.9 Å². The van der Waals surface area contributed by atoms with Crippen molar-refractivity contribution < 1.29 is 14.7 Å². The molecule has 122 valence electrons. The normalized spacial score (nSPS) is 21.6. The summed E-state index contributed by atoms with van der Waals surface area (Å²) < 4.78 is 0. The second-order valence-electron chi connectivity index (χ2n) is 6.09. The summed E-state index contributed by atoms with van der Waals surface area (Å²) in [5.74, 6) is -1.56. The summed E-state index contributed by atoms with van der Waals surface area (Å²) in [6.45, 7) is 2.67. The van der Waals surface area contributed by atoms with E-state index >= 15 is 0 Å². The van der Waals surface area contributed by atoms with Crippen LogP contribution in [-0.2, 0) is 4.79 Å². The molecule has 1 saturated heterocycles. The molecule has 1 aliphatic heterocycles. The van der Waals surface area contributed by atoms with Gasteiger partial charge in [0.15, 0.2) is 0 Å². The fourth-order valence-electron chi connectivity index (χ4n) is 3.13. The van der Waals surface area contributed by atoms with Gasteiger partial charge in [-0.25, -0.2) is 0 Å². The summed E-state index contributed by atoms with van der Waals surface area (Å²) in [5, 5.41) is 10.8. The largest absolute Gasteiger partial charge is 0.481 e. The Morgan fingerprint density at radius 1 is 1.30 bits per heavy atom. The van der Waals surface area contributed by atoms with Crippen molar-refractivity contribution in [2.75, 3.05) is 13.1 Å². The maximum absolute atomic E-state index is 12.8. The molecule has 2 N–H and O–H groups in total. The molecule has 2 unspecified atom stereocenters. The first kappa shape index (κ1) is 16.1. The second-order valence-corrected chi connectivity index (χ2v) is 6.90. The molecule has 1 aliphatic rings. The molecule has 5 nitrogen and oxygen atoms in total. The number of piperidine rings is 1. The quantitative estimate of drug-likeness (QED) is 0.864. The number of aromatic nitrogens is 1. The lowest BCUT2D eigenvalue weighted by Gasteiger charge is -2.34. The molecule has 0 spiro atoms. The van der Waals surface area contributed by atoms with Crippen LogP contribution in [0.1, 0.15) is 23.8 Å². The van der Waals surface area contributed by atoms with Crippen LogP contribution >= 0.6 is 23.2 Å². The van der Waals surface area contributed by atoms with E-state index in [0.717, 1.165) is 5.52 Å². The van der Waals surface area contributed by atoms with Crippen molar-refractivity contribution >= 4 is 46.0 Å². The topological polar surface area (TPSA) is 73.4 Å². The molecule has 23 heavy (non-hydrogen) atoms. The lowest BCUT2D eigenvalue weighted by atomic mass is 9.90. The van der Waals surface area contributed by atoms with Gasteiger partial charge in [0.2, 0.25) is 0 Å². The van der Waals surface area contributed by atoms with E-state index in [-0.39, 0.29) is 24.1 Å². The second kappa shape index (κ2) is 6.06. The summed E-state index contributed by atoms with van der Waals surface area (Å²) in [4.78, 5) is 28.6. The molecule has 0 aliphatic carbocycles. The Labute approximate surface area is 143 Å². The van der Waals surface area contributed by atoms with Gasteiger partial charge >= 0.3 is 5.97 Å². The van der Waals surface area contributed by atoms with Crippen LogP contribution in [0.25, 0.3) is 10.9 Å². The summed E-state index contributed by atoms with van der Waals surface area (Å²) >= 11 is 12.3. The molecular formula is C16H16Cl2N2O3. The zero-order valence-electron chi connectivity index (χ0n) is 12.5. The number of amides is 1. The van der Waals surface area contributed by atoms with Crippen molar-refractivity contribution in [3.8, 4) is 0 Å². The minimum atomic E-state index is -0.871. The molecule has 7 heteroatoms. The predicted molar refractivity (Wildman–Crippen MR) is 89.1 cm³/mol. The van der Waals surface area contributed by atoms with Gasteiger partial charge in [0.25, 0.3) is 5.91 Å². The molecule has 1 aromatic carbocycles. The first-order valence-corrected chi connectivity index (χ1v) is 8.11. The molecular weight excluding hydrogens is 339 g/mol. The number of nitrogens with zero attached hydrogens (tertiary/aromatic N) is 1. The first-order valence-electron chi connectivity index (χ1n) is 7.35. The van der Waals surface area contributed by atoms with E-state index in [0.29, 0.717) is 28.4 Å². The number of aromatic amines is 1. The molecule has 0 bridgehead atoms.